The number of aromatic nitrogens is 3. The third kappa shape index (κ3) is 3.26. The van der Waals surface area contributed by atoms with Crippen LogP contribution in [0.3, 0.4) is 0 Å². The number of fused-ring (bicyclic) bond motifs is 1. The van der Waals surface area contributed by atoms with Crippen molar-refractivity contribution < 1.29 is 5.11 Å². The summed E-state index contributed by atoms with van der Waals surface area (Å²) in [5, 5.41) is 15.2. The summed E-state index contributed by atoms with van der Waals surface area (Å²) in [4.78, 5) is 6.47. The number of nitrogens with two attached hydrogens (primary N) is 1. The number of pyridine rings is 1. The van der Waals surface area contributed by atoms with Crippen molar-refractivity contribution in [3.63, 3.8) is 0 Å². The molecule has 0 fully saturated rings. The summed E-state index contributed by atoms with van der Waals surface area (Å²) < 4.78 is 1.99. The number of anilines is 1. The third-order valence-electron chi connectivity index (χ3n) is 4.61. The van der Waals surface area contributed by atoms with E-state index in [0.717, 1.165) is 43.0 Å². The Balaban J connectivity index is 1.50. The molecule has 0 unspecified atom stereocenters. The van der Waals surface area contributed by atoms with Gasteiger partial charge in [-0.2, -0.15) is 5.10 Å². The van der Waals surface area contributed by atoms with E-state index >= 15 is 0 Å². The van der Waals surface area contributed by atoms with E-state index in [1.165, 1.54) is 0 Å². The molecular weight excluding hydrogens is 314 g/mol. The van der Waals surface area contributed by atoms with Crippen molar-refractivity contribution in [1.82, 2.24) is 19.7 Å². The Kier molecular flexibility index (Phi) is 4.21. The molecular formula is C19H21N5O. The second kappa shape index (κ2) is 6.66. The number of rotatable bonds is 4. The van der Waals surface area contributed by atoms with Gasteiger partial charge in [0.1, 0.15) is 11.9 Å². The maximum atomic E-state index is 10.6. The molecule has 0 bridgehead atoms. The lowest BCUT2D eigenvalue weighted by molar-refractivity contribution is 0.200. The van der Waals surface area contributed by atoms with Crippen LogP contribution in [0.1, 0.15) is 28.6 Å². The first kappa shape index (κ1) is 15.8. The Morgan fingerprint density at radius 3 is 2.76 bits per heavy atom. The smallest absolute Gasteiger partial charge is 0.127 e. The minimum Gasteiger partial charge on any atom is -0.383 e. The fourth-order valence-electron chi connectivity index (χ4n) is 3.24. The molecule has 1 aliphatic rings. The van der Waals surface area contributed by atoms with E-state index in [4.69, 9.17) is 5.73 Å². The van der Waals surface area contributed by atoms with Gasteiger partial charge in [0.05, 0.1) is 17.9 Å². The van der Waals surface area contributed by atoms with Crippen molar-refractivity contribution in [3.8, 4) is 0 Å². The van der Waals surface area contributed by atoms with Crippen LogP contribution in [0.2, 0.25) is 0 Å². The Morgan fingerprint density at radius 2 is 1.96 bits per heavy atom. The molecule has 1 atom stereocenters. The van der Waals surface area contributed by atoms with Gasteiger partial charge in [0, 0.05) is 31.4 Å². The van der Waals surface area contributed by atoms with Crippen molar-refractivity contribution in [1.29, 1.82) is 0 Å². The summed E-state index contributed by atoms with van der Waals surface area (Å²) in [7, 11) is 0. The van der Waals surface area contributed by atoms with Crippen molar-refractivity contribution in [2.45, 2.75) is 25.7 Å². The molecule has 2 aromatic heterocycles. The summed E-state index contributed by atoms with van der Waals surface area (Å²) in [6, 6.07) is 15.5. The molecule has 25 heavy (non-hydrogen) atoms. The molecule has 0 radical (unpaired) electrons. The van der Waals surface area contributed by atoms with Crippen molar-refractivity contribution in [3.05, 3.63) is 77.2 Å². The molecule has 3 heterocycles. The number of hydrogen-bond acceptors (Lipinski definition) is 5. The minimum atomic E-state index is -0.693. The Hall–Kier alpha value is -2.70. The molecule has 4 rings (SSSR count). The van der Waals surface area contributed by atoms with Crippen molar-refractivity contribution in [2.75, 3.05) is 12.3 Å². The molecule has 3 aromatic rings. The van der Waals surface area contributed by atoms with E-state index in [1.807, 2.05) is 53.2 Å². The molecule has 0 aliphatic carbocycles. The first-order chi connectivity index (χ1) is 12.2. The monoisotopic (exact) mass is 335 g/mol. The van der Waals surface area contributed by atoms with Gasteiger partial charge in [-0.15, -0.1) is 0 Å². The quantitative estimate of drug-likeness (QED) is 0.762. The predicted molar refractivity (Wildman–Crippen MR) is 95.5 cm³/mol. The van der Waals surface area contributed by atoms with Gasteiger partial charge < -0.3 is 10.8 Å². The van der Waals surface area contributed by atoms with Gasteiger partial charge in [0.15, 0.2) is 0 Å². The average molecular weight is 335 g/mol. The van der Waals surface area contributed by atoms with Crippen LogP contribution in [0.25, 0.3) is 0 Å². The van der Waals surface area contributed by atoms with E-state index < -0.39 is 6.10 Å². The molecule has 0 saturated heterocycles. The first-order valence-corrected chi connectivity index (χ1v) is 8.42. The molecule has 1 aromatic carbocycles. The Labute approximate surface area is 146 Å². The standard InChI is InChI=1S/C19H21N5O/c20-19-15(7-4-8-21-19)12-23-9-10-24-16(13-23)11-17(22-24)18(25)14-5-2-1-3-6-14/h1-8,11,18,25H,9-10,12-13H2,(H2,20,21)/t18-/m1/s1. The normalized spacial score (nSPS) is 15.7. The van der Waals surface area contributed by atoms with E-state index in [0.29, 0.717) is 11.5 Å². The number of benzene rings is 1. The number of nitrogens with zero attached hydrogens (tertiary/aromatic N) is 4. The molecule has 0 saturated carbocycles. The van der Waals surface area contributed by atoms with Crippen LogP contribution >= 0.6 is 0 Å². The van der Waals surface area contributed by atoms with Crippen LogP contribution in [-0.4, -0.2) is 31.3 Å². The van der Waals surface area contributed by atoms with Crippen LogP contribution in [0.5, 0.6) is 0 Å². The number of hydrogen-bond donors (Lipinski definition) is 2. The van der Waals surface area contributed by atoms with Gasteiger partial charge >= 0.3 is 0 Å². The summed E-state index contributed by atoms with van der Waals surface area (Å²) in [6.45, 7) is 3.24. The fraction of sp³-hybridized carbons (Fsp3) is 0.263. The van der Waals surface area contributed by atoms with E-state index in [1.54, 1.807) is 6.20 Å². The second-order valence-electron chi connectivity index (χ2n) is 6.36. The molecule has 0 amide bonds. The highest BCUT2D eigenvalue weighted by Gasteiger charge is 2.22. The number of aliphatic hydroxyl groups excluding tert-OH is 1. The van der Waals surface area contributed by atoms with Crippen LogP contribution in [0, 0.1) is 0 Å². The highest BCUT2D eigenvalue weighted by Crippen LogP contribution is 2.24. The van der Waals surface area contributed by atoms with Crippen LogP contribution in [0.4, 0.5) is 5.82 Å². The fourth-order valence-corrected chi connectivity index (χ4v) is 3.24. The summed E-state index contributed by atoms with van der Waals surface area (Å²) in [5.41, 5.74) is 9.66. The lowest BCUT2D eigenvalue weighted by atomic mass is 10.1. The Morgan fingerprint density at radius 1 is 1.12 bits per heavy atom. The average Bonchev–Trinajstić information content (AvgIpc) is 3.07. The lowest BCUT2D eigenvalue weighted by Crippen LogP contribution is -2.33. The van der Waals surface area contributed by atoms with Gasteiger partial charge in [0.25, 0.3) is 0 Å². The predicted octanol–water partition coefficient (Wildman–Crippen LogP) is 1.96. The SMILES string of the molecule is Nc1ncccc1CN1CCn2nc([C@H](O)c3ccccc3)cc2C1. The summed E-state index contributed by atoms with van der Waals surface area (Å²) >= 11 is 0. The summed E-state index contributed by atoms with van der Waals surface area (Å²) in [6.07, 6.45) is 1.02. The molecule has 3 N–H and O–H groups in total. The van der Waals surface area contributed by atoms with Crippen molar-refractivity contribution in [2.24, 2.45) is 0 Å². The number of aliphatic hydroxyl groups is 1. The molecule has 6 nitrogen and oxygen atoms in total. The van der Waals surface area contributed by atoms with Crippen LogP contribution in [0.15, 0.2) is 54.7 Å². The lowest BCUT2D eigenvalue weighted by Gasteiger charge is -2.27. The van der Waals surface area contributed by atoms with E-state index in [-0.39, 0.29) is 0 Å². The zero-order valence-corrected chi connectivity index (χ0v) is 13.9. The van der Waals surface area contributed by atoms with Gasteiger partial charge in [-0.1, -0.05) is 36.4 Å². The van der Waals surface area contributed by atoms with Crippen molar-refractivity contribution >= 4 is 5.82 Å². The van der Waals surface area contributed by atoms with Gasteiger partial charge in [-0.05, 0) is 17.7 Å². The zero-order chi connectivity index (χ0) is 17.2. The van der Waals surface area contributed by atoms with Gasteiger partial charge in [-0.3, -0.25) is 9.58 Å². The maximum Gasteiger partial charge on any atom is 0.127 e. The minimum absolute atomic E-state index is 0.585. The highest BCUT2D eigenvalue weighted by atomic mass is 16.3. The first-order valence-electron chi connectivity index (χ1n) is 8.42. The largest absolute Gasteiger partial charge is 0.383 e. The molecule has 6 heteroatoms. The Bertz CT molecular complexity index is 861. The number of nitrogen functional groups attached to an aromatic ring is 1. The second-order valence-corrected chi connectivity index (χ2v) is 6.36. The van der Waals surface area contributed by atoms with E-state index in [2.05, 4.69) is 15.0 Å². The zero-order valence-electron chi connectivity index (χ0n) is 13.9. The molecule has 128 valence electrons. The van der Waals surface area contributed by atoms with Crippen LogP contribution in [-0.2, 0) is 19.6 Å². The maximum absolute atomic E-state index is 10.6. The highest BCUT2D eigenvalue weighted by molar-refractivity contribution is 5.38. The van der Waals surface area contributed by atoms with Crippen LogP contribution < -0.4 is 5.73 Å². The molecule has 0 spiro atoms. The third-order valence-corrected chi connectivity index (χ3v) is 4.61. The van der Waals surface area contributed by atoms with E-state index in [9.17, 15) is 5.11 Å². The summed E-state index contributed by atoms with van der Waals surface area (Å²) in [5.74, 6) is 0.585. The van der Waals surface area contributed by atoms with Gasteiger partial charge in [0.2, 0.25) is 0 Å². The molecule has 1 aliphatic heterocycles. The van der Waals surface area contributed by atoms with Gasteiger partial charge in [-0.25, -0.2) is 4.98 Å². The topological polar surface area (TPSA) is 80.2 Å².